The molecule has 0 unspecified atom stereocenters. The highest BCUT2D eigenvalue weighted by atomic mass is 16.4. The first-order chi connectivity index (χ1) is 11.8. The van der Waals surface area contributed by atoms with E-state index in [2.05, 4.69) is 25.6 Å². The van der Waals surface area contributed by atoms with Gasteiger partial charge in [-0.25, -0.2) is 9.97 Å². The molecule has 7 nitrogen and oxygen atoms in total. The van der Waals surface area contributed by atoms with Gasteiger partial charge < -0.3 is 9.73 Å². The van der Waals surface area contributed by atoms with Crippen LogP contribution in [0.4, 0.5) is 11.8 Å². The van der Waals surface area contributed by atoms with E-state index in [1.807, 2.05) is 0 Å². The molecule has 2 heterocycles. The predicted molar refractivity (Wildman–Crippen MR) is 88.5 cm³/mol. The predicted octanol–water partition coefficient (Wildman–Crippen LogP) is 2.95. The average molecular weight is 327 g/mol. The standard InChI is InChI=1S/C17H21N5O2/c23-16(22-17-20-9-14(24-17)11-1-2-11)12-3-5-13(6-4-12)21-15-10-18-7-8-19-15/h7-13H,1-6H2,(H,19,21)(H,20,22,23). The fourth-order valence-corrected chi connectivity index (χ4v) is 3.19. The van der Waals surface area contributed by atoms with Crippen molar-refractivity contribution in [3.63, 3.8) is 0 Å². The lowest BCUT2D eigenvalue weighted by Crippen LogP contribution is -2.32. The van der Waals surface area contributed by atoms with Crippen molar-refractivity contribution in [2.45, 2.75) is 50.5 Å². The summed E-state index contributed by atoms with van der Waals surface area (Å²) in [5.74, 6) is 2.21. The lowest BCUT2D eigenvalue weighted by Gasteiger charge is -2.28. The van der Waals surface area contributed by atoms with Crippen LogP contribution in [0, 0.1) is 5.92 Å². The molecule has 2 fully saturated rings. The van der Waals surface area contributed by atoms with E-state index in [0.717, 1.165) is 50.1 Å². The van der Waals surface area contributed by atoms with Crippen LogP contribution in [0.2, 0.25) is 0 Å². The van der Waals surface area contributed by atoms with Gasteiger partial charge in [-0.15, -0.1) is 0 Å². The maximum Gasteiger partial charge on any atom is 0.301 e. The molecule has 0 bridgehead atoms. The number of rotatable bonds is 5. The molecule has 2 aliphatic carbocycles. The van der Waals surface area contributed by atoms with E-state index in [9.17, 15) is 4.79 Å². The second-order valence-corrected chi connectivity index (χ2v) is 6.61. The quantitative estimate of drug-likeness (QED) is 0.877. The first kappa shape index (κ1) is 15.1. The lowest BCUT2D eigenvalue weighted by atomic mass is 9.85. The van der Waals surface area contributed by atoms with Crippen LogP contribution in [0.15, 0.2) is 29.2 Å². The number of amides is 1. The molecule has 2 N–H and O–H groups in total. The molecule has 126 valence electrons. The minimum atomic E-state index is 0.0112. The zero-order chi connectivity index (χ0) is 16.4. The number of aromatic nitrogens is 3. The van der Waals surface area contributed by atoms with Gasteiger partial charge in [0.05, 0.1) is 12.4 Å². The Balaban J connectivity index is 1.26. The molecule has 0 radical (unpaired) electrons. The molecule has 2 aliphatic rings. The highest BCUT2D eigenvalue weighted by Crippen LogP contribution is 2.40. The van der Waals surface area contributed by atoms with Crippen LogP contribution in [0.3, 0.4) is 0 Å². The third-order valence-electron chi connectivity index (χ3n) is 4.75. The Hall–Kier alpha value is -2.44. The topological polar surface area (TPSA) is 92.9 Å². The van der Waals surface area contributed by atoms with E-state index in [1.54, 1.807) is 24.8 Å². The smallest absolute Gasteiger partial charge is 0.301 e. The fourth-order valence-electron chi connectivity index (χ4n) is 3.19. The number of carbonyl (C=O) groups excluding carboxylic acids is 1. The maximum atomic E-state index is 12.4. The SMILES string of the molecule is O=C(Nc1ncc(C2CC2)o1)C1CCC(Nc2cnccn2)CC1. The van der Waals surface area contributed by atoms with E-state index < -0.39 is 0 Å². The Kier molecular flexibility index (Phi) is 4.15. The molecular formula is C17H21N5O2. The largest absolute Gasteiger partial charge is 0.428 e. The molecule has 1 amide bonds. The van der Waals surface area contributed by atoms with Crippen molar-refractivity contribution in [1.29, 1.82) is 0 Å². The van der Waals surface area contributed by atoms with Crippen LogP contribution in [0.5, 0.6) is 0 Å². The van der Waals surface area contributed by atoms with Crippen LogP contribution in [0.1, 0.15) is 50.2 Å². The molecule has 2 aromatic heterocycles. The molecule has 0 aromatic carbocycles. The molecule has 24 heavy (non-hydrogen) atoms. The van der Waals surface area contributed by atoms with E-state index in [1.165, 1.54) is 0 Å². The summed E-state index contributed by atoms with van der Waals surface area (Å²) >= 11 is 0. The number of nitrogens with zero attached hydrogens (tertiary/aromatic N) is 3. The fraction of sp³-hybridized carbons (Fsp3) is 0.529. The van der Waals surface area contributed by atoms with Gasteiger partial charge in [0, 0.05) is 30.3 Å². The van der Waals surface area contributed by atoms with Gasteiger partial charge in [-0.3, -0.25) is 15.1 Å². The third kappa shape index (κ3) is 3.55. The van der Waals surface area contributed by atoms with E-state index in [4.69, 9.17) is 4.42 Å². The molecule has 0 atom stereocenters. The highest BCUT2D eigenvalue weighted by molar-refractivity contribution is 5.90. The monoisotopic (exact) mass is 327 g/mol. The van der Waals surface area contributed by atoms with Crippen LogP contribution in [0.25, 0.3) is 0 Å². The molecule has 2 saturated carbocycles. The second kappa shape index (κ2) is 6.59. The van der Waals surface area contributed by atoms with E-state index in [-0.39, 0.29) is 11.8 Å². The minimum Gasteiger partial charge on any atom is -0.428 e. The van der Waals surface area contributed by atoms with Crippen LogP contribution < -0.4 is 10.6 Å². The Labute approximate surface area is 140 Å². The number of anilines is 2. The third-order valence-corrected chi connectivity index (χ3v) is 4.75. The van der Waals surface area contributed by atoms with E-state index in [0.29, 0.717) is 18.0 Å². The summed E-state index contributed by atoms with van der Waals surface area (Å²) in [5.41, 5.74) is 0. The summed E-state index contributed by atoms with van der Waals surface area (Å²) in [6.45, 7) is 0. The Morgan fingerprint density at radius 1 is 1.04 bits per heavy atom. The molecule has 0 aliphatic heterocycles. The van der Waals surface area contributed by atoms with Gasteiger partial charge in [-0.1, -0.05) is 0 Å². The van der Waals surface area contributed by atoms with Crippen molar-refractivity contribution < 1.29 is 9.21 Å². The normalized spacial score (nSPS) is 23.7. The van der Waals surface area contributed by atoms with Crippen molar-refractivity contribution in [3.8, 4) is 0 Å². The first-order valence-electron chi connectivity index (χ1n) is 8.57. The van der Waals surface area contributed by atoms with Crippen molar-refractivity contribution in [1.82, 2.24) is 15.0 Å². The summed E-state index contributed by atoms with van der Waals surface area (Å²) in [4.78, 5) is 24.8. The molecular weight excluding hydrogens is 306 g/mol. The molecule has 0 spiro atoms. The van der Waals surface area contributed by atoms with Crippen LogP contribution in [-0.2, 0) is 4.79 Å². The minimum absolute atomic E-state index is 0.0112. The second-order valence-electron chi connectivity index (χ2n) is 6.61. The van der Waals surface area contributed by atoms with Crippen molar-refractivity contribution in [3.05, 3.63) is 30.5 Å². The maximum absolute atomic E-state index is 12.4. The van der Waals surface area contributed by atoms with Gasteiger partial charge in [-0.05, 0) is 38.5 Å². The summed E-state index contributed by atoms with van der Waals surface area (Å²) in [5, 5.41) is 6.20. The van der Waals surface area contributed by atoms with Crippen molar-refractivity contribution in [2.75, 3.05) is 10.6 Å². The average Bonchev–Trinajstić information content (AvgIpc) is 3.36. The number of nitrogens with one attached hydrogen (secondary N) is 2. The molecule has 0 saturated heterocycles. The molecule has 4 rings (SSSR count). The number of oxazole rings is 1. The first-order valence-corrected chi connectivity index (χ1v) is 8.57. The van der Waals surface area contributed by atoms with Crippen LogP contribution >= 0.6 is 0 Å². The van der Waals surface area contributed by atoms with Crippen molar-refractivity contribution >= 4 is 17.7 Å². The van der Waals surface area contributed by atoms with Gasteiger partial charge in [-0.2, -0.15) is 0 Å². The zero-order valence-electron chi connectivity index (χ0n) is 13.4. The van der Waals surface area contributed by atoms with E-state index >= 15 is 0 Å². The Morgan fingerprint density at radius 2 is 1.88 bits per heavy atom. The van der Waals surface area contributed by atoms with Crippen LogP contribution in [-0.4, -0.2) is 26.9 Å². The zero-order valence-corrected chi connectivity index (χ0v) is 13.4. The Bertz CT molecular complexity index is 690. The number of hydrogen-bond acceptors (Lipinski definition) is 6. The number of carbonyl (C=O) groups is 1. The van der Waals surface area contributed by atoms with Gasteiger partial charge in [0.25, 0.3) is 0 Å². The van der Waals surface area contributed by atoms with Gasteiger partial charge in [0.1, 0.15) is 11.6 Å². The van der Waals surface area contributed by atoms with Gasteiger partial charge in [0.2, 0.25) is 5.91 Å². The molecule has 2 aromatic rings. The highest BCUT2D eigenvalue weighted by Gasteiger charge is 2.29. The van der Waals surface area contributed by atoms with Gasteiger partial charge >= 0.3 is 6.01 Å². The molecule has 7 heteroatoms. The number of hydrogen-bond donors (Lipinski definition) is 2. The summed E-state index contributed by atoms with van der Waals surface area (Å²) in [6, 6.07) is 0.677. The lowest BCUT2D eigenvalue weighted by molar-refractivity contribution is -0.120. The summed E-state index contributed by atoms with van der Waals surface area (Å²) in [7, 11) is 0. The van der Waals surface area contributed by atoms with Gasteiger partial charge in [0.15, 0.2) is 0 Å². The Morgan fingerprint density at radius 3 is 2.58 bits per heavy atom. The summed E-state index contributed by atoms with van der Waals surface area (Å²) < 4.78 is 5.60. The summed E-state index contributed by atoms with van der Waals surface area (Å²) in [6.07, 6.45) is 12.7. The van der Waals surface area contributed by atoms with Crippen molar-refractivity contribution in [2.24, 2.45) is 5.92 Å².